The van der Waals surface area contributed by atoms with Crippen molar-refractivity contribution in [2.75, 3.05) is 40.5 Å². The fourth-order valence-electron chi connectivity index (χ4n) is 2.08. The van der Waals surface area contributed by atoms with Crippen LogP contribution >= 0.6 is 0 Å². The highest BCUT2D eigenvalue weighted by Gasteiger charge is 2.15. The molecule has 1 saturated heterocycles. The molecule has 2 N–H and O–H groups in total. The van der Waals surface area contributed by atoms with Crippen molar-refractivity contribution in [3.05, 3.63) is 23.8 Å². The van der Waals surface area contributed by atoms with Crippen LogP contribution in [-0.4, -0.2) is 67.6 Å². The van der Waals surface area contributed by atoms with Gasteiger partial charge in [-0.1, -0.05) is 12.1 Å². The molecule has 0 aromatic heterocycles. The molecule has 8 nitrogen and oxygen atoms in total. The first kappa shape index (κ1) is 18.7. The van der Waals surface area contributed by atoms with Gasteiger partial charge in [-0.05, 0) is 6.07 Å². The number of carboxylic acid groups (broad SMARTS) is 2. The number of methoxy groups -OCH3 is 2. The maximum atomic E-state index is 9.10. The molecule has 1 aromatic carbocycles. The number of nitrogens with zero attached hydrogens (tertiary/aromatic N) is 1. The lowest BCUT2D eigenvalue weighted by atomic mass is 10.1. The van der Waals surface area contributed by atoms with Crippen LogP contribution in [0.3, 0.4) is 0 Å². The smallest absolute Gasteiger partial charge is 0.414 e. The summed E-state index contributed by atoms with van der Waals surface area (Å²) in [4.78, 5) is 20.6. The Morgan fingerprint density at radius 2 is 1.74 bits per heavy atom. The third-order valence-electron chi connectivity index (χ3n) is 3.17. The highest BCUT2D eigenvalue weighted by Crippen LogP contribution is 2.31. The number of hydrogen-bond acceptors (Lipinski definition) is 6. The van der Waals surface area contributed by atoms with Crippen LogP contribution in [0, 0.1) is 0 Å². The van der Waals surface area contributed by atoms with Gasteiger partial charge in [-0.2, -0.15) is 0 Å². The van der Waals surface area contributed by atoms with E-state index in [2.05, 4.69) is 11.0 Å². The first-order valence-electron chi connectivity index (χ1n) is 6.95. The van der Waals surface area contributed by atoms with Crippen molar-refractivity contribution in [1.29, 1.82) is 0 Å². The molecule has 0 atom stereocenters. The van der Waals surface area contributed by atoms with Gasteiger partial charge in [0.1, 0.15) is 0 Å². The Morgan fingerprint density at radius 1 is 1.13 bits per heavy atom. The maximum absolute atomic E-state index is 9.10. The molecule has 0 bridgehead atoms. The zero-order valence-electron chi connectivity index (χ0n) is 13.2. The second-order valence-corrected chi connectivity index (χ2v) is 4.65. The summed E-state index contributed by atoms with van der Waals surface area (Å²) in [5, 5.41) is 14.8. The van der Waals surface area contributed by atoms with Gasteiger partial charge < -0.3 is 24.4 Å². The number of benzene rings is 1. The highest BCUT2D eigenvalue weighted by atomic mass is 16.5. The van der Waals surface area contributed by atoms with E-state index in [-0.39, 0.29) is 0 Å². The van der Waals surface area contributed by atoms with Crippen molar-refractivity contribution in [2.45, 2.75) is 6.54 Å². The van der Waals surface area contributed by atoms with Crippen molar-refractivity contribution >= 4 is 11.9 Å². The van der Waals surface area contributed by atoms with Crippen LogP contribution in [0.4, 0.5) is 0 Å². The highest BCUT2D eigenvalue weighted by molar-refractivity contribution is 6.27. The average molecular weight is 327 g/mol. The second kappa shape index (κ2) is 9.65. The molecule has 0 saturated carbocycles. The maximum Gasteiger partial charge on any atom is 0.414 e. The molecule has 1 aromatic rings. The zero-order chi connectivity index (χ0) is 17.2. The lowest BCUT2D eigenvalue weighted by Gasteiger charge is -2.27. The van der Waals surface area contributed by atoms with Crippen LogP contribution in [0.2, 0.25) is 0 Å². The third kappa shape index (κ3) is 6.13. The number of hydrogen-bond donors (Lipinski definition) is 2. The van der Waals surface area contributed by atoms with Crippen LogP contribution in [0.25, 0.3) is 0 Å². The Hall–Kier alpha value is -2.32. The number of carbonyl (C=O) groups is 2. The van der Waals surface area contributed by atoms with Crippen molar-refractivity contribution in [3.8, 4) is 11.5 Å². The summed E-state index contributed by atoms with van der Waals surface area (Å²) >= 11 is 0. The number of carboxylic acids is 2. The molecule has 1 heterocycles. The molecular weight excluding hydrogens is 306 g/mol. The molecule has 0 unspecified atom stereocenters. The molecule has 0 aliphatic carbocycles. The van der Waals surface area contributed by atoms with E-state index in [9.17, 15) is 0 Å². The van der Waals surface area contributed by atoms with E-state index in [4.69, 9.17) is 34.0 Å². The number of para-hydroxylation sites is 1. The van der Waals surface area contributed by atoms with Crippen LogP contribution in [0.1, 0.15) is 5.56 Å². The van der Waals surface area contributed by atoms with Crippen molar-refractivity contribution in [3.63, 3.8) is 0 Å². The molecule has 128 valence electrons. The lowest BCUT2D eigenvalue weighted by molar-refractivity contribution is -0.159. The van der Waals surface area contributed by atoms with Gasteiger partial charge in [0, 0.05) is 25.2 Å². The Morgan fingerprint density at radius 3 is 2.22 bits per heavy atom. The molecular formula is C15H21NO7. The Kier molecular flexibility index (Phi) is 7.86. The Bertz CT molecular complexity index is 515. The quantitative estimate of drug-likeness (QED) is 0.778. The van der Waals surface area contributed by atoms with Gasteiger partial charge in [0.25, 0.3) is 0 Å². The normalized spacial score (nSPS) is 14.3. The van der Waals surface area contributed by atoms with Crippen LogP contribution in [0.15, 0.2) is 18.2 Å². The summed E-state index contributed by atoms with van der Waals surface area (Å²) in [5.74, 6) is -2.02. The Labute approximate surface area is 134 Å². The van der Waals surface area contributed by atoms with Gasteiger partial charge >= 0.3 is 11.9 Å². The molecule has 1 aliphatic rings. The number of aliphatic carboxylic acids is 2. The second-order valence-electron chi connectivity index (χ2n) is 4.65. The van der Waals surface area contributed by atoms with Gasteiger partial charge in [0.05, 0.1) is 27.4 Å². The summed E-state index contributed by atoms with van der Waals surface area (Å²) < 4.78 is 16.1. The molecule has 0 radical (unpaired) electrons. The van der Waals surface area contributed by atoms with Crippen molar-refractivity contribution < 1.29 is 34.0 Å². The topological polar surface area (TPSA) is 106 Å². The molecule has 0 spiro atoms. The average Bonchev–Trinajstić information content (AvgIpc) is 2.56. The van der Waals surface area contributed by atoms with Gasteiger partial charge in [0.15, 0.2) is 11.5 Å². The van der Waals surface area contributed by atoms with Crippen LogP contribution in [-0.2, 0) is 20.9 Å². The molecule has 1 aliphatic heterocycles. The van der Waals surface area contributed by atoms with E-state index < -0.39 is 11.9 Å². The van der Waals surface area contributed by atoms with E-state index in [0.29, 0.717) is 0 Å². The predicted molar refractivity (Wildman–Crippen MR) is 80.9 cm³/mol. The van der Waals surface area contributed by atoms with E-state index in [1.807, 2.05) is 12.1 Å². The van der Waals surface area contributed by atoms with Gasteiger partial charge in [0.2, 0.25) is 0 Å². The first-order valence-corrected chi connectivity index (χ1v) is 6.95. The summed E-state index contributed by atoms with van der Waals surface area (Å²) in [7, 11) is 3.34. The minimum Gasteiger partial charge on any atom is -0.493 e. The molecule has 0 amide bonds. The molecule has 2 rings (SSSR count). The number of morpholine rings is 1. The van der Waals surface area contributed by atoms with Crippen LogP contribution in [0.5, 0.6) is 11.5 Å². The fraction of sp³-hybridized carbons (Fsp3) is 0.467. The Balaban J connectivity index is 0.000000379. The summed E-state index contributed by atoms with van der Waals surface area (Å²) in [6.07, 6.45) is 0. The fourth-order valence-corrected chi connectivity index (χ4v) is 2.08. The van der Waals surface area contributed by atoms with E-state index in [0.717, 1.165) is 49.9 Å². The minimum atomic E-state index is -1.82. The van der Waals surface area contributed by atoms with Crippen molar-refractivity contribution in [1.82, 2.24) is 4.90 Å². The zero-order valence-corrected chi connectivity index (χ0v) is 13.2. The predicted octanol–water partition coefficient (Wildman–Crippen LogP) is 0.692. The summed E-state index contributed by atoms with van der Waals surface area (Å²) in [6.45, 7) is 4.45. The molecule has 23 heavy (non-hydrogen) atoms. The minimum absolute atomic E-state index is 0.790. The summed E-state index contributed by atoms with van der Waals surface area (Å²) in [6, 6.07) is 6.00. The SMILES string of the molecule is COc1cccc(CN2CCOCC2)c1OC.O=C(O)C(=O)O. The third-order valence-corrected chi connectivity index (χ3v) is 3.17. The van der Waals surface area contributed by atoms with Gasteiger partial charge in [-0.3, -0.25) is 4.90 Å². The lowest BCUT2D eigenvalue weighted by Crippen LogP contribution is -2.35. The van der Waals surface area contributed by atoms with E-state index in [1.165, 1.54) is 0 Å². The molecule has 8 heteroatoms. The molecule has 1 fully saturated rings. The van der Waals surface area contributed by atoms with Crippen LogP contribution < -0.4 is 9.47 Å². The van der Waals surface area contributed by atoms with E-state index >= 15 is 0 Å². The number of rotatable bonds is 4. The van der Waals surface area contributed by atoms with Gasteiger partial charge in [-0.25, -0.2) is 9.59 Å². The monoisotopic (exact) mass is 327 g/mol. The standard InChI is InChI=1S/C13H19NO3.C2H2O4/c1-15-12-5-3-4-11(13(12)16-2)10-14-6-8-17-9-7-14;3-1(4)2(5)6/h3-5H,6-10H2,1-2H3;(H,3,4)(H,5,6). The largest absolute Gasteiger partial charge is 0.493 e. The van der Waals surface area contributed by atoms with Gasteiger partial charge in [-0.15, -0.1) is 0 Å². The van der Waals surface area contributed by atoms with E-state index in [1.54, 1.807) is 14.2 Å². The number of ether oxygens (including phenoxy) is 3. The first-order chi connectivity index (χ1) is 11.0. The summed E-state index contributed by atoms with van der Waals surface area (Å²) in [5.41, 5.74) is 1.16. The van der Waals surface area contributed by atoms with Crippen molar-refractivity contribution in [2.24, 2.45) is 0 Å².